The lowest BCUT2D eigenvalue weighted by molar-refractivity contribution is -0.133. The number of ether oxygens (including phenoxy) is 1. The van der Waals surface area contributed by atoms with Crippen LogP contribution in [0, 0.1) is 0 Å². The number of carbonyl (C=O) groups is 1. The minimum Gasteiger partial charge on any atom is -0.435 e. The molecule has 1 fully saturated rings. The van der Waals surface area contributed by atoms with Gasteiger partial charge in [0.15, 0.2) is 0 Å². The second-order valence-corrected chi connectivity index (χ2v) is 7.19. The second-order valence-electron chi connectivity index (χ2n) is 6.27. The van der Waals surface area contributed by atoms with E-state index < -0.39 is 12.0 Å². The van der Waals surface area contributed by atoms with Gasteiger partial charge in [0.1, 0.15) is 5.75 Å². The number of nitrogens with zero attached hydrogens (tertiary/aromatic N) is 1. The van der Waals surface area contributed by atoms with Crippen LogP contribution < -0.4 is 4.74 Å². The van der Waals surface area contributed by atoms with Crippen LogP contribution in [0.5, 0.6) is 5.75 Å². The minimum absolute atomic E-state index is 0.0859. The van der Waals surface area contributed by atoms with Gasteiger partial charge in [-0.1, -0.05) is 40.2 Å². The van der Waals surface area contributed by atoms with Crippen LogP contribution in [0.4, 0.5) is 8.78 Å². The molecule has 3 nitrogen and oxygen atoms in total. The molecule has 1 aliphatic rings. The first-order valence-corrected chi connectivity index (χ1v) is 8.75. The summed E-state index contributed by atoms with van der Waals surface area (Å²) < 4.78 is 29.7. The average molecular weight is 410 g/mol. The van der Waals surface area contributed by atoms with Crippen molar-refractivity contribution in [2.24, 2.45) is 0 Å². The first kappa shape index (κ1) is 17.9. The molecular weight excluding hydrogens is 392 g/mol. The normalized spacial score (nSPS) is 15.1. The van der Waals surface area contributed by atoms with Gasteiger partial charge in [0.2, 0.25) is 5.91 Å². The number of rotatable bonds is 6. The Morgan fingerprint density at radius 3 is 2.28 bits per heavy atom. The Morgan fingerprint density at radius 1 is 1.16 bits per heavy atom. The van der Waals surface area contributed by atoms with Gasteiger partial charge in [0.05, 0.1) is 5.41 Å². The molecule has 0 saturated heterocycles. The van der Waals surface area contributed by atoms with E-state index in [2.05, 4.69) is 20.7 Å². The molecule has 1 saturated carbocycles. The van der Waals surface area contributed by atoms with Crippen LogP contribution >= 0.6 is 15.9 Å². The van der Waals surface area contributed by atoms with Crippen LogP contribution in [0.3, 0.4) is 0 Å². The van der Waals surface area contributed by atoms with Gasteiger partial charge in [0, 0.05) is 18.1 Å². The van der Waals surface area contributed by atoms with Crippen LogP contribution in [0.1, 0.15) is 24.0 Å². The highest BCUT2D eigenvalue weighted by molar-refractivity contribution is 9.10. The number of alkyl halides is 2. The van der Waals surface area contributed by atoms with Crippen molar-refractivity contribution in [3.63, 3.8) is 0 Å². The number of hydrogen-bond acceptors (Lipinski definition) is 2. The van der Waals surface area contributed by atoms with Crippen LogP contribution in [0.15, 0.2) is 53.0 Å². The molecule has 1 amide bonds. The summed E-state index contributed by atoms with van der Waals surface area (Å²) in [7, 11) is 1.77. The van der Waals surface area contributed by atoms with Crippen molar-refractivity contribution >= 4 is 21.8 Å². The molecule has 0 spiro atoms. The molecule has 2 aromatic rings. The summed E-state index contributed by atoms with van der Waals surface area (Å²) in [6.07, 6.45) is 1.69. The van der Waals surface area contributed by atoms with Crippen LogP contribution in [-0.4, -0.2) is 24.5 Å². The highest BCUT2D eigenvalue weighted by atomic mass is 79.9. The third-order valence-electron chi connectivity index (χ3n) is 4.47. The fourth-order valence-electron chi connectivity index (χ4n) is 3.01. The van der Waals surface area contributed by atoms with Crippen molar-refractivity contribution < 1.29 is 18.3 Å². The molecule has 0 bridgehead atoms. The van der Waals surface area contributed by atoms with Crippen LogP contribution in [-0.2, 0) is 16.8 Å². The lowest BCUT2D eigenvalue weighted by Crippen LogP contribution is -2.36. The fourth-order valence-corrected chi connectivity index (χ4v) is 3.27. The standard InChI is InChI=1S/C19H18BrF2NO2/c1-23(12-13-2-8-16(9-3-13)25-18(21)22)17(24)19(10-11-19)14-4-6-15(20)7-5-14/h2-9,18H,10-12H2,1H3. The molecule has 0 atom stereocenters. The van der Waals surface area contributed by atoms with E-state index in [0.717, 1.165) is 28.4 Å². The zero-order valence-electron chi connectivity index (χ0n) is 13.7. The average Bonchev–Trinajstić information content (AvgIpc) is 3.38. The smallest absolute Gasteiger partial charge is 0.387 e. The van der Waals surface area contributed by atoms with Crippen molar-refractivity contribution in [1.29, 1.82) is 0 Å². The van der Waals surface area contributed by atoms with E-state index in [4.69, 9.17) is 0 Å². The summed E-state index contributed by atoms with van der Waals surface area (Å²) in [6.45, 7) is -2.41. The molecule has 0 N–H and O–H groups in total. The SMILES string of the molecule is CN(Cc1ccc(OC(F)F)cc1)C(=O)C1(c2ccc(Br)cc2)CC1. The Hall–Kier alpha value is -1.95. The van der Waals surface area contributed by atoms with Gasteiger partial charge >= 0.3 is 6.61 Å². The van der Waals surface area contributed by atoms with Crippen molar-refractivity contribution in [3.05, 3.63) is 64.1 Å². The number of halogens is 3. The molecule has 1 aliphatic carbocycles. The van der Waals surface area contributed by atoms with E-state index in [1.165, 1.54) is 12.1 Å². The maximum Gasteiger partial charge on any atom is 0.387 e. The molecule has 0 aromatic heterocycles. The second kappa shape index (κ2) is 7.12. The van der Waals surface area contributed by atoms with Crippen LogP contribution in [0.2, 0.25) is 0 Å². The largest absolute Gasteiger partial charge is 0.435 e. The quantitative estimate of drug-likeness (QED) is 0.689. The Morgan fingerprint density at radius 2 is 1.76 bits per heavy atom. The summed E-state index contributed by atoms with van der Waals surface area (Å²) in [4.78, 5) is 14.6. The Kier molecular flexibility index (Phi) is 5.08. The number of carbonyl (C=O) groups excluding carboxylic acids is 1. The summed E-state index contributed by atoms with van der Waals surface area (Å²) in [5.74, 6) is 0.198. The lowest BCUT2D eigenvalue weighted by Gasteiger charge is -2.24. The topological polar surface area (TPSA) is 29.5 Å². The fraction of sp³-hybridized carbons (Fsp3) is 0.316. The monoisotopic (exact) mass is 409 g/mol. The molecule has 132 valence electrons. The zero-order valence-corrected chi connectivity index (χ0v) is 15.3. The van der Waals surface area contributed by atoms with Crippen LogP contribution in [0.25, 0.3) is 0 Å². The number of hydrogen-bond donors (Lipinski definition) is 0. The van der Waals surface area contributed by atoms with Gasteiger partial charge < -0.3 is 9.64 Å². The molecule has 2 aromatic carbocycles. The molecule has 25 heavy (non-hydrogen) atoms. The molecule has 6 heteroatoms. The molecule has 0 aliphatic heterocycles. The first-order valence-electron chi connectivity index (χ1n) is 7.96. The van der Waals surface area contributed by atoms with E-state index in [9.17, 15) is 13.6 Å². The van der Waals surface area contributed by atoms with Gasteiger partial charge in [-0.2, -0.15) is 8.78 Å². The Balaban J connectivity index is 1.67. The van der Waals surface area contributed by atoms with E-state index in [-0.39, 0.29) is 11.7 Å². The predicted octanol–water partition coefficient (Wildman–Crippen LogP) is 4.74. The first-order chi connectivity index (χ1) is 11.9. The highest BCUT2D eigenvalue weighted by Gasteiger charge is 2.52. The lowest BCUT2D eigenvalue weighted by atomic mass is 9.94. The van der Waals surface area contributed by atoms with Gasteiger partial charge in [-0.15, -0.1) is 0 Å². The number of likely N-dealkylation sites (N-methyl/N-ethyl adjacent to an activating group) is 1. The third-order valence-corrected chi connectivity index (χ3v) is 5.00. The summed E-state index contributed by atoms with van der Waals surface area (Å²) >= 11 is 3.41. The van der Waals surface area contributed by atoms with Gasteiger partial charge in [-0.05, 0) is 48.2 Å². The van der Waals surface area contributed by atoms with Gasteiger partial charge in [0.25, 0.3) is 0 Å². The highest BCUT2D eigenvalue weighted by Crippen LogP contribution is 2.49. The van der Waals surface area contributed by atoms with Crippen molar-refractivity contribution in [1.82, 2.24) is 4.90 Å². The van der Waals surface area contributed by atoms with Crippen molar-refractivity contribution in [2.45, 2.75) is 31.4 Å². The third kappa shape index (κ3) is 4.00. The van der Waals surface area contributed by atoms with E-state index >= 15 is 0 Å². The van der Waals surface area contributed by atoms with E-state index in [1.54, 1.807) is 24.1 Å². The minimum atomic E-state index is -2.84. The Labute approximate surface area is 153 Å². The molecule has 3 rings (SSSR count). The summed E-state index contributed by atoms with van der Waals surface area (Å²) in [5.41, 5.74) is 1.48. The predicted molar refractivity (Wildman–Crippen MR) is 94.6 cm³/mol. The zero-order chi connectivity index (χ0) is 18.0. The molecule has 0 radical (unpaired) electrons. The van der Waals surface area contributed by atoms with E-state index in [0.29, 0.717) is 6.54 Å². The maximum atomic E-state index is 12.9. The van der Waals surface area contributed by atoms with Crippen molar-refractivity contribution in [3.8, 4) is 5.75 Å². The van der Waals surface area contributed by atoms with Crippen molar-refractivity contribution in [2.75, 3.05) is 7.05 Å². The maximum absolute atomic E-state index is 12.9. The van der Waals surface area contributed by atoms with Gasteiger partial charge in [-0.25, -0.2) is 0 Å². The molecular formula is C19H18BrF2NO2. The molecule has 0 heterocycles. The number of amides is 1. The number of benzene rings is 2. The molecule has 0 unspecified atom stereocenters. The van der Waals surface area contributed by atoms with Gasteiger partial charge in [-0.3, -0.25) is 4.79 Å². The van der Waals surface area contributed by atoms with E-state index in [1.807, 2.05) is 24.3 Å². The Bertz CT molecular complexity index is 743. The summed E-state index contributed by atoms with van der Waals surface area (Å²) in [6, 6.07) is 14.2. The summed E-state index contributed by atoms with van der Waals surface area (Å²) in [5, 5.41) is 0.